The van der Waals surface area contributed by atoms with E-state index in [0.29, 0.717) is 0 Å². The van der Waals surface area contributed by atoms with Gasteiger partial charge in [0.05, 0.1) is 19.1 Å². The Balaban J connectivity index is 1.58. The summed E-state index contributed by atoms with van der Waals surface area (Å²) < 4.78 is 10.5. The number of furan rings is 1. The van der Waals surface area contributed by atoms with Crippen LogP contribution in [0, 0.1) is 0 Å². The third-order valence-corrected chi connectivity index (χ3v) is 2.99. The molecule has 1 N–H and O–H groups in total. The van der Waals surface area contributed by atoms with Crippen molar-refractivity contribution in [3.63, 3.8) is 0 Å². The fourth-order valence-corrected chi connectivity index (χ4v) is 2.09. The number of rotatable bonds is 4. The van der Waals surface area contributed by atoms with Gasteiger partial charge in [-0.1, -0.05) is 12.1 Å². The van der Waals surface area contributed by atoms with Crippen molar-refractivity contribution in [3.05, 3.63) is 53.5 Å². The van der Waals surface area contributed by atoms with Crippen molar-refractivity contribution in [2.45, 2.75) is 19.5 Å². The zero-order valence-corrected chi connectivity index (χ0v) is 9.61. The van der Waals surface area contributed by atoms with Crippen LogP contribution in [0.25, 0.3) is 0 Å². The van der Waals surface area contributed by atoms with Crippen molar-refractivity contribution in [2.24, 2.45) is 0 Å². The van der Waals surface area contributed by atoms with Crippen LogP contribution in [-0.4, -0.2) is 6.61 Å². The van der Waals surface area contributed by atoms with Crippen molar-refractivity contribution in [3.8, 4) is 5.75 Å². The van der Waals surface area contributed by atoms with Gasteiger partial charge in [-0.3, -0.25) is 0 Å². The molecule has 1 aromatic heterocycles. The summed E-state index contributed by atoms with van der Waals surface area (Å²) in [5.41, 5.74) is 3.81. The lowest BCUT2D eigenvalue weighted by molar-refractivity contribution is 0.357. The summed E-state index contributed by atoms with van der Waals surface area (Å²) in [5.74, 6) is 1.04. The lowest BCUT2D eigenvalue weighted by Crippen LogP contribution is -2.12. The molecule has 2 heterocycles. The minimum absolute atomic E-state index is 0.821. The molecule has 0 fully saturated rings. The summed E-state index contributed by atoms with van der Waals surface area (Å²) >= 11 is 0. The first-order chi connectivity index (χ1) is 8.42. The van der Waals surface area contributed by atoms with Gasteiger partial charge >= 0.3 is 0 Å². The molecule has 0 saturated carbocycles. The van der Waals surface area contributed by atoms with Gasteiger partial charge in [0.15, 0.2) is 0 Å². The van der Waals surface area contributed by atoms with E-state index in [-0.39, 0.29) is 0 Å². The van der Waals surface area contributed by atoms with Gasteiger partial charge in [0.1, 0.15) is 5.75 Å². The molecule has 2 aromatic rings. The monoisotopic (exact) mass is 229 g/mol. The lowest BCUT2D eigenvalue weighted by atomic mass is 10.1. The third-order valence-electron chi connectivity index (χ3n) is 2.99. The Labute approximate surface area is 100 Å². The molecular formula is C14H15NO2. The fraction of sp³-hybridized carbons (Fsp3) is 0.286. The lowest BCUT2D eigenvalue weighted by Gasteiger charge is -2.05. The Bertz CT molecular complexity index is 491. The van der Waals surface area contributed by atoms with E-state index in [2.05, 4.69) is 23.5 Å². The van der Waals surface area contributed by atoms with Gasteiger partial charge in [-0.05, 0) is 23.3 Å². The standard InChI is InChI=1S/C14H15NO2/c1-2-14-13(4-6-17-14)7-11(1)8-15-9-12-3-5-16-10-12/h1-3,5,7,10,15H,4,6,8-9H2. The molecule has 88 valence electrons. The molecule has 3 heteroatoms. The average Bonchev–Trinajstić information content (AvgIpc) is 2.98. The van der Waals surface area contributed by atoms with Gasteiger partial charge in [0.2, 0.25) is 0 Å². The van der Waals surface area contributed by atoms with Gasteiger partial charge in [0, 0.05) is 25.1 Å². The number of hydrogen-bond acceptors (Lipinski definition) is 3. The van der Waals surface area contributed by atoms with E-state index in [1.54, 1.807) is 12.5 Å². The fourth-order valence-electron chi connectivity index (χ4n) is 2.09. The van der Waals surface area contributed by atoms with Gasteiger partial charge in [0.25, 0.3) is 0 Å². The highest BCUT2D eigenvalue weighted by molar-refractivity contribution is 5.39. The highest BCUT2D eigenvalue weighted by atomic mass is 16.5. The minimum Gasteiger partial charge on any atom is -0.493 e. The SMILES string of the molecule is c1cc(CNCc2ccc3c(c2)CCO3)co1. The molecule has 0 unspecified atom stereocenters. The molecule has 1 aliphatic rings. The predicted molar refractivity (Wildman–Crippen MR) is 64.9 cm³/mol. The van der Waals surface area contributed by atoms with Gasteiger partial charge in [-0.2, -0.15) is 0 Å². The maximum absolute atomic E-state index is 5.48. The maximum atomic E-state index is 5.48. The smallest absolute Gasteiger partial charge is 0.122 e. The van der Waals surface area contributed by atoms with E-state index >= 15 is 0 Å². The Morgan fingerprint density at radius 3 is 2.94 bits per heavy atom. The van der Waals surface area contributed by atoms with Crippen molar-refractivity contribution in [1.82, 2.24) is 5.32 Å². The van der Waals surface area contributed by atoms with Crippen LogP contribution in [-0.2, 0) is 19.5 Å². The second-order valence-electron chi connectivity index (χ2n) is 4.28. The highest BCUT2D eigenvalue weighted by Crippen LogP contribution is 2.25. The number of benzene rings is 1. The molecule has 0 aliphatic carbocycles. The summed E-state index contributed by atoms with van der Waals surface area (Å²) in [6.07, 6.45) is 4.50. The van der Waals surface area contributed by atoms with Gasteiger partial charge in [-0.25, -0.2) is 0 Å². The molecule has 1 aromatic carbocycles. The van der Waals surface area contributed by atoms with Crippen LogP contribution in [0.1, 0.15) is 16.7 Å². The molecule has 17 heavy (non-hydrogen) atoms. The van der Waals surface area contributed by atoms with Crippen LogP contribution in [0.2, 0.25) is 0 Å². The van der Waals surface area contributed by atoms with Crippen molar-refractivity contribution >= 4 is 0 Å². The summed E-state index contributed by atoms with van der Waals surface area (Å²) in [4.78, 5) is 0. The number of nitrogens with one attached hydrogen (secondary N) is 1. The molecule has 3 rings (SSSR count). The second-order valence-corrected chi connectivity index (χ2v) is 4.28. The van der Waals surface area contributed by atoms with Crippen LogP contribution < -0.4 is 10.1 Å². The molecule has 3 nitrogen and oxygen atoms in total. The van der Waals surface area contributed by atoms with Crippen LogP contribution >= 0.6 is 0 Å². The normalized spacial score (nSPS) is 13.4. The van der Waals surface area contributed by atoms with E-state index in [1.165, 1.54) is 16.7 Å². The van der Waals surface area contributed by atoms with E-state index < -0.39 is 0 Å². The van der Waals surface area contributed by atoms with E-state index in [9.17, 15) is 0 Å². The Morgan fingerprint density at radius 1 is 1.12 bits per heavy atom. The van der Waals surface area contributed by atoms with E-state index in [0.717, 1.165) is 31.9 Å². The van der Waals surface area contributed by atoms with E-state index in [1.807, 2.05) is 6.07 Å². The van der Waals surface area contributed by atoms with Crippen LogP contribution in [0.4, 0.5) is 0 Å². The van der Waals surface area contributed by atoms with Crippen LogP contribution in [0.15, 0.2) is 41.2 Å². The quantitative estimate of drug-likeness (QED) is 0.874. The first-order valence-electron chi connectivity index (χ1n) is 5.88. The first-order valence-corrected chi connectivity index (χ1v) is 5.88. The topological polar surface area (TPSA) is 34.4 Å². The molecule has 0 radical (unpaired) electrons. The summed E-state index contributed by atoms with van der Waals surface area (Å²) in [6, 6.07) is 8.39. The molecule has 0 bridgehead atoms. The molecular weight excluding hydrogens is 214 g/mol. The molecule has 0 saturated heterocycles. The number of fused-ring (bicyclic) bond motifs is 1. The Kier molecular flexibility index (Phi) is 2.84. The molecule has 0 atom stereocenters. The van der Waals surface area contributed by atoms with Gasteiger partial charge < -0.3 is 14.5 Å². The Morgan fingerprint density at radius 2 is 2.06 bits per heavy atom. The van der Waals surface area contributed by atoms with Crippen LogP contribution in [0.5, 0.6) is 5.75 Å². The van der Waals surface area contributed by atoms with Gasteiger partial charge in [-0.15, -0.1) is 0 Å². The number of ether oxygens (including phenoxy) is 1. The highest BCUT2D eigenvalue weighted by Gasteiger charge is 2.11. The largest absolute Gasteiger partial charge is 0.493 e. The number of hydrogen-bond donors (Lipinski definition) is 1. The summed E-state index contributed by atoms with van der Waals surface area (Å²) in [5, 5.41) is 3.39. The van der Waals surface area contributed by atoms with Crippen molar-refractivity contribution in [1.29, 1.82) is 0 Å². The first kappa shape index (κ1) is 10.4. The minimum atomic E-state index is 0.821. The molecule has 1 aliphatic heterocycles. The Hall–Kier alpha value is -1.74. The third kappa shape index (κ3) is 2.34. The maximum Gasteiger partial charge on any atom is 0.122 e. The second kappa shape index (κ2) is 4.63. The van der Waals surface area contributed by atoms with Crippen molar-refractivity contribution < 1.29 is 9.15 Å². The van der Waals surface area contributed by atoms with Crippen molar-refractivity contribution in [2.75, 3.05) is 6.61 Å². The molecule has 0 amide bonds. The van der Waals surface area contributed by atoms with E-state index in [4.69, 9.17) is 9.15 Å². The zero-order valence-electron chi connectivity index (χ0n) is 9.61. The zero-order chi connectivity index (χ0) is 11.5. The molecule has 0 spiro atoms. The summed E-state index contributed by atoms with van der Waals surface area (Å²) in [7, 11) is 0. The average molecular weight is 229 g/mol. The summed E-state index contributed by atoms with van der Waals surface area (Å²) in [6.45, 7) is 2.53. The predicted octanol–water partition coefficient (Wildman–Crippen LogP) is 2.50. The van der Waals surface area contributed by atoms with Crippen LogP contribution in [0.3, 0.4) is 0 Å².